The first-order valence-corrected chi connectivity index (χ1v) is 7.41. The quantitative estimate of drug-likeness (QED) is 0.521. The molecule has 0 heterocycles. The van der Waals surface area contributed by atoms with Gasteiger partial charge in [-0.05, 0) is 32.9 Å². The molecule has 0 atom stereocenters. The smallest absolute Gasteiger partial charge is 0.354 e. The summed E-state index contributed by atoms with van der Waals surface area (Å²) in [7, 11) is 0. The van der Waals surface area contributed by atoms with Crippen LogP contribution in [-0.2, 0) is 18.9 Å². The molecule has 0 amide bonds. The molecular formula is C16H22O7. The largest absolute Gasteiger partial charge is 0.478 e. The van der Waals surface area contributed by atoms with Gasteiger partial charge in [-0.15, -0.1) is 0 Å². The maximum absolute atomic E-state index is 12.4. The van der Waals surface area contributed by atoms with Crippen LogP contribution in [0.15, 0.2) is 24.3 Å². The van der Waals surface area contributed by atoms with Crippen LogP contribution in [0.2, 0.25) is 0 Å². The summed E-state index contributed by atoms with van der Waals surface area (Å²) in [6, 6.07) is 5.77. The number of aromatic carboxylic acids is 1. The van der Waals surface area contributed by atoms with Crippen LogP contribution in [0.1, 0.15) is 41.5 Å². The van der Waals surface area contributed by atoms with Crippen molar-refractivity contribution in [2.24, 2.45) is 0 Å². The Hall–Kier alpha value is -1.96. The van der Waals surface area contributed by atoms with Crippen molar-refractivity contribution in [3.05, 3.63) is 35.4 Å². The van der Waals surface area contributed by atoms with E-state index < -0.39 is 17.9 Å². The molecular weight excluding hydrogens is 304 g/mol. The first-order valence-electron chi connectivity index (χ1n) is 7.41. The first kappa shape index (κ1) is 19.1. The van der Waals surface area contributed by atoms with Gasteiger partial charge in [0.2, 0.25) is 0 Å². The van der Waals surface area contributed by atoms with Crippen molar-refractivity contribution < 1.29 is 33.6 Å². The lowest BCUT2D eigenvalue weighted by Gasteiger charge is -2.31. The van der Waals surface area contributed by atoms with Crippen molar-refractivity contribution in [1.29, 1.82) is 0 Å². The predicted molar refractivity (Wildman–Crippen MR) is 81.3 cm³/mol. The van der Waals surface area contributed by atoms with Crippen LogP contribution in [0.5, 0.6) is 0 Å². The highest BCUT2D eigenvalue weighted by atomic mass is 16.9. The topological polar surface area (TPSA) is 91.3 Å². The van der Waals surface area contributed by atoms with Crippen LogP contribution in [0.25, 0.3) is 0 Å². The number of carboxylic acid groups (broad SMARTS) is 1. The molecule has 7 nitrogen and oxygen atoms in total. The Balaban J connectivity index is 3.06. The standard InChI is InChI=1S/C16H22O7/c1-4-20-11-16(21-5-2,22-6-3)23-15(19)13-10-8-7-9-12(13)14(17)18/h7-10H,4-6,11H2,1-3H3,(H,17,18). The Labute approximate surface area is 135 Å². The van der Waals surface area contributed by atoms with Crippen molar-refractivity contribution in [3.8, 4) is 0 Å². The second-order valence-electron chi connectivity index (χ2n) is 4.43. The average Bonchev–Trinajstić information content (AvgIpc) is 2.53. The van der Waals surface area contributed by atoms with E-state index in [1.54, 1.807) is 26.8 Å². The van der Waals surface area contributed by atoms with E-state index in [1.807, 2.05) is 0 Å². The molecule has 0 aliphatic carbocycles. The van der Waals surface area contributed by atoms with E-state index in [-0.39, 0.29) is 30.9 Å². The van der Waals surface area contributed by atoms with Crippen molar-refractivity contribution in [3.63, 3.8) is 0 Å². The predicted octanol–water partition coefficient (Wildman–Crippen LogP) is 2.30. The van der Waals surface area contributed by atoms with Crippen molar-refractivity contribution >= 4 is 11.9 Å². The second-order valence-corrected chi connectivity index (χ2v) is 4.43. The molecule has 0 radical (unpaired) electrons. The minimum atomic E-state index is -1.71. The molecule has 1 N–H and O–H groups in total. The molecule has 0 aliphatic heterocycles. The molecule has 1 rings (SSSR count). The van der Waals surface area contributed by atoms with Gasteiger partial charge in [0.1, 0.15) is 6.61 Å². The van der Waals surface area contributed by atoms with Gasteiger partial charge in [-0.25, -0.2) is 9.59 Å². The molecule has 0 unspecified atom stereocenters. The van der Waals surface area contributed by atoms with Gasteiger partial charge in [0, 0.05) is 6.61 Å². The average molecular weight is 326 g/mol. The Kier molecular flexibility index (Phi) is 7.67. The molecule has 128 valence electrons. The molecule has 0 spiro atoms. The highest BCUT2D eigenvalue weighted by Crippen LogP contribution is 2.21. The van der Waals surface area contributed by atoms with E-state index in [0.717, 1.165) is 0 Å². The van der Waals surface area contributed by atoms with Crippen LogP contribution in [0.3, 0.4) is 0 Å². The number of hydrogen-bond acceptors (Lipinski definition) is 6. The molecule has 0 aromatic heterocycles. The fourth-order valence-corrected chi connectivity index (χ4v) is 1.92. The van der Waals surface area contributed by atoms with Crippen LogP contribution in [0, 0.1) is 0 Å². The molecule has 0 aliphatic rings. The minimum absolute atomic E-state index is 0.0831. The SMILES string of the molecule is CCOCC(OCC)(OCC)OC(=O)c1ccccc1C(=O)O. The van der Waals surface area contributed by atoms with E-state index in [4.69, 9.17) is 24.1 Å². The van der Waals surface area contributed by atoms with Crippen LogP contribution < -0.4 is 0 Å². The van der Waals surface area contributed by atoms with E-state index in [2.05, 4.69) is 0 Å². The van der Waals surface area contributed by atoms with E-state index in [0.29, 0.717) is 6.61 Å². The number of benzene rings is 1. The normalized spacial score (nSPS) is 11.3. The third kappa shape index (κ3) is 5.31. The van der Waals surface area contributed by atoms with Crippen LogP contribution in [-0.4, -0.2) is 49.4 Å². The summed E-state index contributed by atoms with van der Waals surface area (Å²) in [4.78, 5) is 23.6. The molecule has 1 aromatic rings. The highest BCUT2D eigenvalue weighted by molar-refractivity contribution is 6.02. The van der Waals surface area contributed by atoms with Gasteiger partial charge in [-0.1, -0.05) is 12.1 Å². The maximum atomic E-state index is 12.4. The number of hydrogen-bond donors (Lipinski definition) is 1. The van der Waals surface area contributed by atoms with E-state index in [1.165, 1.54) is 18.2 Å². The summed E-state index contributed by atoms with van der Waals surface area (Å²) in [5, 5.41) is 9.17. The lowest BCUT2D eigenvalue weighted by atomic mass is 10.1. The zero-order chi connectivity index (χ0) is 17.3. The summed E-state index contributed by atoms with van der Waals surface area (Å²) < 4.78 is 21.5. The van der Waals surface area contributed by atoms with Gasteiger partial charge < -0.3 is 24.1 Å². The summed E-state index contributed by atoms with van der Waals surface area (Å²) in [5.41, 5.74) is -0.240. The maximum Gasteiger partial charge on any atom is 0.354 e. The molecule has 0 saturated heterocycles. The number of carboxylic acids is 1. The number of carbonyl (C=O) groups is 2. The highest BCUT2D eigenvalue weighted by Gasteiger charge is 2.38. The molecule has 0 bridgehead atoms. The number of esters is 1. The molecule has 0 fully saturated rings. The lowest BCUT2D eigenvalue weighted by molar-refractivity contribution is -0.368. The molecule has 23 heavy (non-hydrogen) atoms. The molecule has 7 heteroatoms. The van der Waals surface area contributed by atoms with Gasteiger partial charge in [-0.3, -0.25) is 0 Å². The number of carbonyl (C=O) groups excluding carboxylic acids is 1. The Morgan fingerprint density at radius 3 is 2.04 bits per heavy atom. The van der Waals surface area contributed by atoms with Gasteiger partial charge in [0.15, 0.2) is 0 Å². The Bertz CT molecular complexity index is 521. The number of rotatable bonds is 10. The monoisotopic (exact) mass is 326 g/mol. The summed E-state index contributed by atoms with van der Waals surface area (Å²) >= 11 is 0. The van der Waals surface area contributed by atoms with Gasteiger partial charge in [0.25, 0.3) is 0 Å². The third-order valence-electron chi connectivity index (χ3n) is 2.84. The Morgan fingerprint density at radius 2 is 1.57 bits per heavy atom. The third-order valence-corrected chi connectivity index (χ3v) is 2.84. The van der Waals surface area contributed by atoms with Gasteiger partial charge in [-0.2, -0.15) is 0 Å². The summed E-state index contributed by atoms with van der Waals surface area (Å²) in [6.45, 7) is 5.93. The minimum Gasteiger partial charge on any atom is -0.478 e. The van der Waals surface area contributed by atoms with E-state index in [9.17, 15) is 9.59 Å². The van der Waals surface area contributed by atoms with E-state index >= 15 is 0 Å². The fraction of sp³-hybridized carbons (Fsp3) is 0.500. The lowest BCUT2D eigenvalue weighted by Crippen LogP contribution is -2.45. The zero-order valence-corrected chi connectivity index (χ0v) is 13.5. The van der Waals surface area contributed by atoms with Crippen molar-refractivity contribution in [1.82, 2.24) is 0 Å². The van der Waals surface area contributed by atoms with Crippen LogP contribution in [0.4, 0.5) is 0 Å². The molecule has 0 saturated carbocycles. The van der Waals surface area contributed by atoms with Crippen LogP contribution >= 0.6 is 0 Å². The first-order chi connectivity index (χ1) is 11.0. The Morgan fingerprint density at radius 1 is 1.00 bits per heavy atom. The summed E-state index contributed by atoms with van der Waals surface area (Å²) in [6.07, 6.45) is 0. The van der Waals surface area contributed by atoms with Gasteiger partial charge in [0.05, 0.1) is 24.3 Å². The molecule has 1 aromatic carbocycles. The number of ether oxygens (including phenoxy) is 4. The second kappa shape index (κ2) is 9.24. The van der Waals surface area contributed by atoms with Crippen molar-refractivity contribution in [2.45, 2.75) is 26.7 Å². The zero-order valence-electron chi connectivity index (χ0n) is 13.5. The van der Waals surface area contributed by atoms with Crippen molar-refractivity contribution in [2.75, 3.05) is 26.4 Å². The fourth-order valence-electron chi connectivity index (χ4n) is 1.92. The summed E-state index contributed by atoms with van der Waals surface area (Å²) in [5.74, 6) is -3.78. The van der Waals surface area contributed by atoms with Gasteiger partial charge >= 0.3 is 17.9 Å².